The minimum Gasteiger partial charge on any atom is -0.306 e. The van der Waals surface area contributed by atoms with Crippen molar-refractivity contribution in [1.82, 2.24) is 9.13 Å². The van der Waals surface area contributed by atoms with Gasteiger partial charge in [0, 0.05) is 22.1 Å². The van der Waals surface area contributed by atoms with Crippen LogP contribution in [0.5, 0.6) is 0 Å². The van der Waals surface area contributed by atoms with Crippen LogP contribution in [0, 0.1) is 0 Å². The average molecular weight is 415 g/mol. The van der Waals surface area contributed by atoms with Gasteiger partial charge in [0.05, 0.1) is 31.5 Å². The number of fused-ring (bicyclic) bond motifs is 7. The van der Waals surface area contributed by atoms with Crippen molar-refractivity contribution in [2.24, 2.45) is 0 Å². The highest BCUT2D eigenvalue weighted by atomic mass is 32.1. The molecule has 7 rings (SSSR count). The minimum absolute atomic E-state index is 1.19. The highest BCUT2D eigenvalue weighted by molar-refractivity contribution is 7.27. The van der Waals surface area contributed by atoms with Crippen LogP contribution in [0.2, 0.25) is 0 Å². The van der Waals surface area contributed by atoms with Gasteiger partial charge in [0.15, 0.2) is 0 Å². The van der Waals surface area contributed by atoms with Crippen molar-refractivity contribution in [3.8, 4) is 11.4 Å². The molecule has 0 atom stereocenters. The van der Waals surface area contributed by atoms with Crippen LogP contribution in [0.1, 0.15) is 0 Å². The molecular formula is C28H18N2S. The monoisotopic (exact) mass is 414 g/mol. The molecule has 0 saturated heterocycles. The molecule has 3 heterocycles. The van der Waals surface area contributed by atoms with Gasteiger partial charge in [-0.3, -0.25) is 0 Å². The van der Waals surface area contributed by atoms with Crippen molar-refractivity contribution in [3.63, 3.8) is 0 Å². The number of benzene rings is 4. The van der Waals surface area contributed by atoms with E-state index in [4.69, 9.17) is 0 Å². The van der Waals surface area contributed by atoms with E-state index in [1.165, 1.54) is 53.6 Å². The second-order valence-electron chi connectivity index (χ2n) is 7.83. The van der Waals surface area contributed by atoms with Gasteiger partial charge in [-0.1, -0.05) is 72.8 Å². The fourth-order valence-electron chi connectivity index (χ4n) is 4.85. The molecule has 0 amide bonds. The van der Waals surface area contributed by atoms with Crippen LogP contribution >= 0.6 is 11.3 Å². The Morgan fingerprint density at radius 3 is 1.26 bits per heavy atom. The molecule has 0 bridgehead atoms. The van der Waals surface area contributed by atoms with Gasteiger partial charge in [-0.15, -0.1) is 11.3 Å². The molecule has 0 saturated carbocycles. The first kappa shape index (κ1) is 16.9. The van der Waals surface area contributed by atoms with E-state index in [0.29, 0.717) is 0 Å². The van der Waals surface area contributed by atoms with Gasteiger partial charge in [-0.2, -0.15) is 0 Å². The molecule has 0 radical (unpaired) electrons. The summed E-state index contributed by atoms with van der Waals surface area (Å²) >= 11 is 1.91. The Morgan fingerprint density at radius 2 is 0.806 bits per heavy atom. The summed E-state index contributed by atoms with van der Waals surface area (Å²) in [6.07, 6.45) is 0. The molecule has 146 valence electrons. The van der Waals surface area contributed by atoms with E-state index in [-0.39, 0.29) is 0 Å². The molecular weight excluding hydrogens is 396 g/mol. The summed E-state index contributed by atoms with van der Waals surface area (Å²) < 4.78 is 7.56. The molecule has 0 unspecified atom stereocenters. The Balaban J connectivity index is 1.78. The Labute approximate surface area is 183 Å². The summed E-state index contributed by atoms with van der Waals surface area (Å²) in [5, 5.41) is 2.62. The van der Waals surface area contributed by atoms with E-state index in [1.54, 1.807) is 0 Å². The molecule has 0 N–H and O–H groups in total. The summed E-state index contributed by atoms with van der Waals surface area (Å²) in [6.45, 7) is 0. The fourth-order valence-corrected chi connectivity index (χ4v) is 6.18. The van der Waals surface area contributed by atoms with Gasteiger partial charge in [-0.25, -0.2) is 0 Å². The fraction of sp³-hybridized carbons (Fsp3) is 0. The minimum atomic E-state index is 1.19. The Hall–Kier alpha value is -3.82. The molecule has 31 heavy (non-hydrogen) atoms. The number of hydrogen-bond acceptors (Lipinski definition) is 1. The highest BCUT2D eigenvalue weighted by Crippen LogP contribution is 2.46. The van der Waals surface area contributed by atoms with Crippen LogP contribution in [0.25, 0.3) is 53.6 Å². The van der Waals surface area contributed by atoms with E-state index in [0.717, 1.165) is 0 Å². The first-order chi connectivity index (χ1) is 15.4. The first-order valence-electron chi connectivity index (χ1n) is 10.5. The third kappa shape index (κ3) is 2.27. The van der Waals surface area contributed by atoms with Crippen LogP contribution in [-0.4, -0.2) is 9.13 Å². The topological polar surface area (TPSA) is 9.86 Å². The second kappa shape index (κ2) is 6.34. The number of nitrogens with zero attached hydrogens (tertiary/aromatic N) is 2. The van der Waals surface area contributed by atoms with Gasteiger partial charge < -0.3 is 9.13 Å². The molecule has 0 spiro atoms. The SMILES string of the molecule is c1ccc(-n2c3ccccc3c3sc4c5ccccc5n(-c5ccccc5)c4c32)cc1. The number of hydrogen-bond donors (Lipinski definition) is 0. The van der Waals surface area contributed by atoms with E-state index in [1.807, 2.05) is 11.3 Å². The zero-order valence-corrected chi connectivity index (χ0v) is 17.5. The summed E-state index contributed by atoms with van der Waals surface area (Å²) in [5.74, 6) is 0. The molecule has 4 aromatic carbocycles. The van der Waals surface area contributed by atoms with E-state index in [9.17, 15) is 0 Å². The van der Waals surface area contributed by atoms with Crippen molar-refractivity contribution >= 4 is 53.6 Å². The van der Waals surface area contributed by atoms with Gasteiger partial charge in [0.1, 0.15) is 0 Å². The zero-order chi connectivity index (χ0) is 20.4. The summed E-state index contributed by atoms with van der Waals surface area (Å²) in [7, 11) is 0. The first-order valence-corrected chi connectivity index (χ1v) is 11.3. The van der Waals surface area contributed by atoms with E-state index >= 15 is 0 Å². The van der Waals surface area contributed by atoms with Crippen LogP contribution < -0.4 is 0 Å². The Bertz CT molecular complexity index is 1590. The average Bonchev–Trinajstić information content (AvgIpc) is 3.46. The molecule has 0 fully saturated rings. The molecule has 2 nitrogen and oxygen atoms in total. The highest BCUT2D eigenvalue weighted by Gasteiger charge is 2.23. The zero-order valence-electron chi connectivity index (χ0n) is 16.7. The van der Waals surface area contributed by atoms with Crippen LogP contribution in [0.15, 0.2) is 109 Å². The molecule has 0 aliphatic rings. The molecule has 0 aliphatic carbocycles. The van der Waals surface area contributed by atoms with E-state index in [2.05, 4.69) is 118 Å². The van der Waals surface area contributed by atoms with Gasteiger partial charge >= 0.3 is 0 Å². The smallest absolute Gasteiger partial charge is 0.0899 e. The summed E-state index contributed by atoms with van der Waals surface area (Å²) in [6, 6.07) is 39.0. The predicted molar refractivity (Wildman–Crippen MR) is 133 cm³/mol. The lowest BCUT2D eigenvalue weighted by Crippen LogP contribution is -1.97. The lowest BCUT2D eigenvalue weighted by Gasteiger charge is -2.10. The maximum absolute atomic E-state index is 2.43. The maximum Gasteiger partial charge on any atom is 0.0899 e. The lowest BCUT2D eigenvalue weighted by molar-refractivity contribution is 1.15. The molecule has 3 heteroatoms. The Morgan fingerprint density at radius 1 is 0.419 bits per heavy atom. The maximum atomic E-state index is 2.43. The van der Waals surface area contributed by atoms with Crippen LogP contribution in [0.3, 0.4) is 0 Å². The largest absolute Gasteiger partial charge is 0.306 e. The molecule has 7 aromatic rings. The summed E-state index contributed by atoms with van der Waals surface area (Å²) in [5.41, 5.74) is 7.46. The van der Waals surface area contributed by atoms with Crippen molar-refractivity contribution in [1.29, 1.82) is 0 Å². The number of rotatable bonds is 2. The van der Waals surface area contributed by atoms with Crippen molar-refractivity contribution in [2.75, 3.05) is 0 Å². The van der Waals surface area contributed by atoms with Crippen molar-refractivity contribution in [2.45, 2.75) is 0 Å². The number of aromatic nitrogens is 2. The standard InChI is InChI=1S/C28H18N2S/c1-3-11-19(12-4-1)29-23-17-9-7-15-21(23)27-25(29)26-28(31-27)22-16-8-10-18-24(22)30(26)20-13-5-2-6-14-20/h1-18H. The van der Waals surface area contributed by atoms with Crippen LogP contribution in [0.4, 0.5) is 0 Å². The van der Waals surface area contributed by atoms with E-state index < -0.39 is 0 Å². The Kier molecular flexibility index (Phi) is 3.46. The van der Waals surface area contributed by atoms with Gasteiger partial charge in [0.2, 0.25) is 0 Å². The molecule has 0 aliphatic heterocycles. The lowest BCUT2D eigenvalue weighted by atomic mass is 10.2. The third-order valence-electron chi connectivity index (χ3n) is 6.11. The number of para-hydroxylation sites is 4. The summed E-state index contributed by atoms with van der Waals surface area (Å²) in [4.78, 5) is 0. The second-order valence-corrected chi connectivity index (χ2v) is 8.85. The quantitative estimate of drug-likeness (QED) is 0.272. The predicted octanol–water partition coefficient (Wildman–Crippen LogP) is 7.94. The van der Waals surface area contributed by atoms with Crippen LogP contribution in [-0.2, 0) is 0 Å². The third-order valence-corrected chi connectivity index (χ3v) is 7.35. The van der Waals surface area contributed by atoms with Crippen molar-refractivity contribution < 1.29 is 0 Å². The van der Waals surface area contributed by atoms with Gasteiger partial charge in [0.25, 0.3) is 0 Å². The van der Waals surface area contributed by atoms with Crippen molar-refractivity contribution in [3.05, 3.63) is 109 Å². The number of thiophene rings is 1. The van der Waals surface area contributed by atoms with Gasteiger partial charge in [-0.05, 0) is 36.4 Å². The molecule has 3 aromatic heterocycles. The normalized spacial score (nSPS) is 11.9.